The standard InChI is InChI=1S/C31H33NO5/c1-4-27(24-11-16-28-29(19-24)36-20-35-28)30(21-7-12-25(13-8-21)34-18-17-32(2)3)22-9-14-26(15-10-22)37-31(33)23-5-6-23/h7-16,19,23H,4-6,17-18,20H2,1-3H3/b30-27+. The highest BCUT2D eigenvalue weighted by Crippen LogP contribution is 2.40. The van der Waals surface area contributed by atoms with Crippen LogP contribution in [0.3, 0.4) is 0 Å². The first-order chi connectivity index (χ1) is 18.0. The van der Waals surface area contributed by atoms with Crippen molar-refractivity contribution in [2.75, 3.05) is 34.0 Å². The molecule has 0 aromatic heterocycles. The number of nitrogens with zero attached hydrogens (tertiary/aromatic N) is 1. The number of carbonyl (C=O) groups excluding carboxylic acids is 1. The van der Waals surface area contributed by atoms with Crippen LogP contribution in [-0.4, -0.2) is 44.9 Å². The zero-order valence-electron chi connectivity index (χ0n) is 21.7. The lowest BCUT2D eigenvalue weighted by atomic mass is 9.88. The van der Waals surface area contributed by atoms with Gasteiger partial charge in [0, 0.05) is 6.54 Å². The number of carbonyl (C=O) groups is 1. The lowest BCUT2D eigenvalue weighted by molar-refractivity contribution is -0.135. The minimum Gasteiger partial charge on any atom is -0.492 e. The third-order valence-electron chi connectivity index (χ3n) is 6.60. The van der Waals surface area contributed by atoms with E-state index in [0.717, 1.165) is 65.3 Å². The molecule has 2 aliphatic rings. The average molecular weight is 500 g/mol. The van der Waals surface area contributed by atoms with Gasteiger partial charge in [-0.3, -0.25) is 4.79 Å². The maximum absolute atomic E-state index is 12.1. The number of likely N-dealkylation sites (N-methyl/N-ethyl adjacent to an activating group) is 1. The molecule has 1 aliphatic heterocycles. The minimum atomic E-state index is -0.136. The normalized spacial score (nSPS) is 14.9. The Kier molecular flexibility index (Phi) is 7.47. The topological polar surface area (TPSA) is 57.2 Å². The van der Waals surface area contributed by atoms with E-state index in [4.69, 9.17) is 18.9 Å². The molecule has 6 heteroatoms. The zero-order valence-corrected chi connectivity index (χ0v) is 21.7. The molecule has 0 unspecified atom stereocenters. The molecule has 0 bridgehead atoms. The maximum atomic E-state index is 12.1. The Morgan fingerprint density at radius 1 is 0.865 bits per heavy atom. The van der Waals surface area contributed by atoms with Crippen LogP contribution in [0, 0.1) is 5.92 Å². The number of ether oxygens (including phenoxy) is 4. The number of rotatable bonds is 10. The zero-order chi connectivity index (χ0) is 25.8. The van der Waals surface area contributed by atoms with Crippen LogP contribution in [0.2, 0.25) is 0 Å². The fourth-order valence-electron chi connectivity index (χ4n) is 4.40. The van der Waals surface area contributed by atoms with E-state index in [9.17, 15) is 4.79 Å². The Bertz CT molecular complexity index is 1270. The second kappa shape index (κ2) is 11.1. The van der Waals surface area contributed by atoms with E-state index in [1.54, 1.807) is 0 Å². The number of fused-ring (bicyclic) bond motifs is 1. The molecule has 5 rings (SSSR count). The molecule has 0 saturated heterocycles. The van der Waals surface area contributed by atoms with Gasteiger partial charge in [-0.15, -0.1) is 0 Å². The Hall–Kier alpha value is -3.77. The largest absolute Gasteiger partial charge is 0.492 e. The number of benzene rings is 3. The molecule has 1 fully saturated rings. The van der Waals surface area contributed by atoms with Gasteiger partial charge in [0.1, 0.15) is 18.1 Å². The molecule has 3 aromatic rings. The molecule has 1 aliphatic carbocycles. The van der Waals surface area contributed by atoms with Crippen molar-refractivity contribution in [2.45, 2.75) is 26.2 Å². The van der Waals surface area contributed by atoms with Gasteiger partial charge < -0.3 is 23.8 Å². The molecule has 0 amide bonds. The van der Waals surface area contributed by atoms with Crippen LogP contribution < -0.4 is 18.9 Å². The molecule has 1 heterocycles. The highest BCUT2D eigenvalue weighted by atomic mass is 16.7. The van der Waals surface area contributed by atoms with Crippen molar-refractivity contribution in [1.29, 1.82) is 0 Å². The van der Waals surface area contributed by atoms with Crippen LogP contribution in [0.1, 0.15) is 42.9 Å². The number of hydrogen-bond acceptors (Lipinski definition) is 6. The van der Waals surface area contributed by atoms with E-state index in [1.807, 2.05) is 62.6 Å². The van der Waals surface area contributed by atoms with Crippen LogP contribution in [0.4, 0.5) is 0 Å². The van der Waals surface area contributed by atoms with E-state index in [-0.39, 0.29) is 18.7 Å². The SMILES string of the molecule is CC/C(=C(/c1ccc(OCCN(C)C)cc1)c1ccc(OC(=O)C2CC2)cc1)c1ccc2c(c1)OCO2. The quantitative estimate of drug-likeness (QED) is 0.193. The summed E-state index contributed by atoms with van der Waals surface area (Å²) in [4.78, 5) is 14.2. The first-order valence-corrected chi connectivity index (χ1v) is 12.8. The number of esters is 1. The summed E-state index contributed by atoms with van der Waals surface area (Å²) in [7, 11) is 4.06. The van der Waals surface area contributed by atoms with Gasteiger partial charge in [-0.2, -0.15) is 0 Å². The summed E-state index contributed by atoms with van der Waals surface area (Å²) in [6.07, 6.45) is 2.66. The summed E-state index contributed by atoms with van der Waals surface area (Å²) < 4.78 is 22.7. The summed E-state index contributed by atoms with van der Waals surface area (Å²) in [5.74, 6) is 2.87. The second-order valence-electron chi connectivity index (χ2n) is 9.67. The third-order valence-corrected chi connectivity index (χ3v) is 6.60. The highest BCUT2D eigenvalue weighted by Gasteiger charge is 2.31. The van der Waals surface area contributed by atoms with E-state index < -0.39 is 0 Å². The van der Waals surface area contributed by atoms with Gasteiger partial charge in [0.05, 0.1) is 5.92 Å². The van der Waals surface area contributed by atoms with Gasteiger partial charge in [-0.05, 0) is 97.6 Å². The summed E-state index contributed by atoms with van der Waals surface area (Å²) in [6.45, 7) is 3.89. The van der Waals surface area contributed by atoms with E-state index in [0.29, 0.717) is 12.4 Å². The van der Waals surface area contributed by atoms with Crippen molar-refractivity contribution in [3.63, 3.8) is 0 Å². The minimum absolute atomic E-state index is 0.0614. The van der Waals surface area contributed by atoms with Gasteiger partial charge in [0.25, 0.3) is 0 Å². The van der Waals surface area contributed by atoms with Crippen LogP contribution in [0.5, 0.6) is 23.0 Å². The fraction of sp³-hybridized carbons (Fsp3) is 0.323. The maximum Gasteiger partial charge on any atom is 0.314 e. The van der Waals surface area contributed by atoms with Gasteiger partial charge in [0.15, 0.2) is 11.5 Å². The summed E-state index contributed by atoms with van der Waals surface area (Å²) in [5, 5.41) is 0. The fourth-order valence-corrected chi connectivity index (χ4v) is 4.40. The van der Waals surface area contributed by atoms with Crippen LogP contribution in [0.25, 0.3) is 11.1 Å². The number of hydrogen-bond donors (Lipinski definition) is 0. The molecule has 6 nitrogen and oxygen atoms in total. The third kappa shape index (κ3) is 5.97. The molecule has 37 heavy (non-hydrogen) atoms. The van der Waals surface area contributed by atoms with E-state index in [2.05, 4.69) is 30.0 Å². The van der Waals surface area contributed by atoms with Gasteiger partial charge in [-0.1, -0.05) is 37.3 Å². The number of allylic oxidation sites excluding steroid dienone is 1. The van der Waals surface area contributed by atoms with Crippen LogP contribution in [-0.2, 0) is 4.79 Å². The van der Waals surface area contributed by atoms with Crippen molar-refractivity contribution < 1.29 is 23.7 Å². The summed E-state index contributed by atoms with van der Waals surface area (Å²) in [6, 6.07) is 22.1. The average Bonchev–Trinajstić information content (AvgIpc) is 3.66. The van der Waals surface area contributed by atoms with Crippen molar-refractivity contribution in [1.82, 2.24) is 4.90 Å². The highest BCUT2D eigenvalue weighted by molar-refractivity contribution is 5.99. The lowest BCUT2D eigenvalue weighted by Crippen LogP contribution is -2.19. The monoisotopic (exact) mass is 499 g/mol. The van der Waals surface area contributed by atoms with Crippen molar-refractivity contribution in [3.05, 3.63) is 83.4 Å². The second-order valence-corrected chi connectivity index (χ2v) is 9.67. The molecule has 0 radical (unpaired) electrons. The lowest BCUT2D eigenvalue weighted by Gasteiger charge is -2.18. The smallest absolute Gasteiger partial charge is 0.314 e. The van der Waals surface area contributed by atoms with Crippen LogP contribution >= 0.6 is 0 Å². The van der Waals surface area contributed by atoms with Gasteiger partial charge >= 0.3 is 5.97 Å². The Morgan fingerprint density at radius 2 is 1.49 bits per heavy atom. The van der Waals surface area contributed by atoms with E-state index >= 15 is 0 Å². The van der Waals surface area contributed by atoms with Crippen LogP contribution in [0.15, 0.2) is 66.7 Å². The molecule has 3 aromatic carbocycles. The van der Waals surface area contributed by atoms with Gasteiger partial charge in [0.2, 0.25) is 6.79 Å². The predicted octanol–water partition coefficient (Wildman–Crippen LogP) is 6.04. The Labute approximate surface area is 218 Å². The summed E-state index contributed by atoms with van der Waals surface area (Å²) >= 11 is 0. The molecule has 0 atom stereocenters. The molecule has 0 spiro atoms. The first kappa shape index (κ1) is 24.9. The molecular formula is C31H33NO5. The van der Waals surface area contributed by atoms with Crippen molar-refractivity contribution in [2.24, 2.45) is 5.92 Å². The first-order valence-electron chi connectivity index (χ1n) is 12.8. The Balaban J connectivity index is 1.50. The van der Waals surface area contributed by atoms with Crippen molar-refractivity contribution in [3.8, 4) is 23.0 Å². The van der Waals surface area contributed by atoms with Gasteiger partial charge in [-0.25, -0.2) is 0 Å². The predicted molar refractivity (Wildman–Crippen MR) is 144 cm³/mol. The molecular weight excluding hydrogens is 466 g/mol. The molecule has 0 N–H and O–H groups in total. The van der Waals surface area contributed by atoms with Crippen molar-refractivity contribution >= 4 is 17.1 Å². The molecule has 1 saturated carbocycles. The van der Waals surface area contributed by atoms with E-state index in [1.165, 1.54) is 5.57 Å². The Morgan fingerprint density at radius 3 is 2.11 bits per heavy atom. The molecule has 192 valence electrons. The summed E-state index contributed by atoms with van der Waals surface area (Å²) in [5.41, 5.74) is 5.50.